The van der Waals surface area contributed by atoms with Crippen molar-refractivity contribution in [3.8, 4) is 22.9 Å². The number of ether oxygens (including phenoxy) is 2. The minimum absolute atomic E-state index is 0.0764. The number of likely N-dealkylation sites (tertiary alicyclic amines) is 1. The number of hydrogen-bond acceptors (Lipinski definition) is 6. The van der Waals surface area contributed by atoms with Crippen LogP contribution in [-0.2, 0) is 17.9 Å². The van der Waals surface area contributed by atoms with E-state index in [1.165, 1.54) is 0 Å². The maximum Gasteiger partial charge on any atom is 0.249 e. The number of hydrogen-bond donors (Lipinski definition) is 0. The molecule has 1 amide bonds. The van der Waals surface area contributed by atoms with E-state index in [2.05, 4.69) is 10.1 Å². The van der Waals surface area contributed by atoms with Crippen LogP contribution in [0.4, 0.5) is 0 Å². The summed E-state index contributed by atoms with van der Waals surface area (Å²) in [6, 6.07) is 25.1. The normalized spacial score (nSPS) is 15.5. The van der Waals surface area contributed by atoms with E-state index in [0.717, 1.165) is 28.2 Å². The van der Waals surface area contributed by atoms with Gasteiger partial charge in [-0.1, -0.05) is 47.6 Å². The average Bonchev–Trinajstić information content (AvgIpc) is 3.51. The number of rotatable bonds is 8. The zero-order chi connectivity index (χ0) is 23.3. The third-order valence-corrected chi connectivity index (χ3v) is 5.90. The van der Waals surface area contributed by atoms with E-state index in [0.29, 0.717) is 37.7 Å². The maximum atomic E-state index is 12.6. The van der Waals surface area contributed by atoms with Gasteiger partial charge < -0.3 is 18.9 Å². The summed E-state index contributed by atoms with van der Waals surface area (Å²) in [5, 5.41) is 4.16. The fourth-order valence-corrected chi connectivity index (χ4v) is 4.09. The summed E-state index contributed by atoms with van der Waals surface area (Å²) in [7, 11) is 1.63. The second-order valence-electron chi connectivity index (χ2n) is 8.18. The van der Waals surface area contributed by atoms with E-state index in [9.17, 15) is 4.79 Å². The van der Waals surface area contributed by atoms with Crippen molar-refractivity contribution in [3.63, 3.8) is 0 Å². The van der Waals surface area contributed by atoms with E-state index < -0.39 is 0 Å². The van der Waals surface area contributed by atoms with E-state index >= 15 is 0 Å². The van der Waals surface area contributed by atoms with Gasteiger partial charge in [-0.15, -0.1) is 0 Å². The number of carbonyl (C=O) groups excluding carboxylic acids is 1. The summed E-state index contributed by atoms with van der Waals surface area (Å²) in [5.41, 5.74) is 2.93. The summed E-state index contributed by atoms with van der Waals surface area (Å²) >= 11 is 0. The molecule has 0 N–H and O–H groups in total. The first kappa shape index (κ1) is 21.7. The molecule has 4 aromatic rings. The molecule has 7 heteroatoms. The van der Waals surface area contributed by atoms with Gasteiger partial charge in [-0.25, -0.2) is 0 Å². The quantitative estimate of drug-likeness (QED) is 0.364. The van der Waals surface area contributed by atoms with Crippen molar-refractivity contribution in [2.24, 2.45) is 0 Å². The Bertz CT molecular complexity index is 1250. The van der Waals surface area contributed by atoms with Gasteiger partial charge in [-0.05, 0) is 53.9 Å². The molecule has 1 atom stereocenters. The number of aromatic nitrogens is 2. The summed E-state index contributed by atoms with van der Waals surface area (Å²) in [6.45, 7) is 0.969. The molecule has 2 heterocycles. The van der Waals surface area contributed by atoms with Crippen molar-refractivity contribution < 1.29 is 18.8 Å². The Balaban J connectivity index is 1.27. The lowest BCUT2D eigenvalue weighted by molar-refractivity contribution is -0.130. The highest BCUT2D eigenvalue weighted by atomic mass is 16.5. The van der Waals surface area contributed by atoms with Gasteiger partial charge in [0.1, 0.15) is 24.1 Å². The Kier molecular flexibility index (Phi) is 6.25. The van der Waals surface area contributed by atoms with Crippen LogP contribution in [0, 0.1) is 0 Å². The molecule has 1 aliphatic heterocycles. The van der Waals surface area contributed by atoms with Gasteiger partial charge in [-0.2, -0.15) is 4.98 Å². The first-order valence-electron chi connectivity index (χ1n) is 11.2. The van der Waals surface area contributed by atoms with Crippen LogP contribution in [-0.4, -0.2) is 28.1 Å². The summed E-state index contributed by atoms with van der Waals surface area (Å²) < 4.78 is 16.7. The molecule has 0 spiro atoms. The molecular formula is C27H25N3O4. The van der Waals surface area contributed by atoms with E-state index in [1.54, 1.807) is 12.0 Å². The molecule has 1 fully saturated rings. The zero-order valence-electron chi connectivity index (χ0n) is 18.9. The highest BCUT2D eigenvalue weighted by Gasteiger charge is 2.36. The number of benzene rings is 3. The van der Waals surface area contributed by atoms with Gasteiger partial charge in [0, 0.05) is 18.5 Å². The van der Waals surface area contributed by atoms with Crippen molar-refractivity contribution in [2.75, 3.05) is 7.11 Å². The van der Waals surface area contributed by atoms with Crippen molar-refractivity contribution in [2.45, 2.75) is 32.0 Å². The van der Waals surface area contributed by atoms with E-state index in [-0.39, 0.29) is 11.9 Å². The van der Waals surface area contributed by atoms with Crippen molar-refractivity contribution in [1.29, 1.82) is 0 Å². The van der Waals surface area contributed by atoms with Crippen LogP contribution in [0.5, 0.6) is 11.5 Å². The molecule has 0 aliphatic carbocycles. The summed E-state index contributed by atoms with van der Waals surface area (Å²) in [6.07, 6.45) is 1.11. The Labute approximate surface area is 197 Å². The Hall–Kier alpha value is -4.13. The van der Waals surface area contributed by atoms with Gasteiger partial charge in [0.15, 0.2) is 0 Å². The lowest BCUT2D eigenvalue weighted by Crippen LogP contribution is -2.27. The van der Waals surface area contributed by atoms with Crippen molar-refractivity contribution in [3.05, 3.63) is 95.9 Å². The van der Waals surface area contributed by atoms with E-state index in [4.69, 9.17) is 14.0 Å². The van der Waals surface area contributed by atoms with Gasteiger partial charge in [-0.3, -0.25) is 4.79 Å². The van der Waals surface area contributed by atoms with Crippen LogP contribution < -0.4 is 9.47 Å². The Morgan fingerprint density at radius 2 is 1.76 bits per heavy atom. The van der Waals surface area contributed by atoms with Gasteiger partial charge in [0.2, 0.25) is 17.6 Å². The molecule has 1 aliphatic rings. The first-order chi connectivity index (χ1) is 16.7. The van der Waals surface area contributed by atoms with Crippen LogP contribution in [0.25, 0.3) is 11.4 Å². The molecule has 0 saturated carbocycles. The largest absolute Gasteiger partial charge is 0.497 e. The van der Waals surface area contributed by atoms with Gasteiger partial charge in [0.05, 0.1) is 7.11 Å². The highest BCUT2D eigenvalue weighted by Crippen LogP contribution is 2.34. The second-order valence-corrected chi connectivity index (χ2v) is 8.18. The molecule has 5 rings (SSSR count). The Morgan fingerprint density at radius 1 is 0.971 bits per heavy atom. The summed E-state index contributed by atoms with van der Waals surface area (Å²) in [5.74, 6) is 2.55. The average molecular weight is 456 g/mol. The predicted octanol–water partition coefficient (Wildman–Crippen LogP) is 5.19. The molecule has 1 unspecified atom stereocenters. The minimum atomic E-state index is -0.242. The maximum absolute atomic E-state index is 12.6. The highest BCUT2D eigenvalue weighted by molar-refractivity contribution is 5.79. The monoisotopic (exact) mass is 455 g/mol. The molecule has 7 nitrogen and oxygen atoms in total. The lowest BCUT2D eigenvalue weighted by atomic mass is 10.1. The fraction of sp³-hybridized carbons (Fsp3) is 0.222. The molecule has 0 bridgehead atoms. The molecule has 1 saturated heterocycles. The first-order valence-corrected chi connectivity index (χ1v) is 11.2. The zero-order valence-corrected chi connectivity index (χ0v) is 18.9. The van der Waals surface area contributed by atoms with Crippen molar-refractivity contribution >= 4 is 5.91 Å². The Morgan fingerprint density at radius 3 is 2.56 bits per heavy atom. The second kappa shape index (κ2) is 9.79. The predicted molar refractivity (Wildman–Crippen MR) is 126 cm³/mol. The third-order valence-electron chi connectivity index (χ3n) is 5.90. The molecule has 1 aromatic heterocycles. The molecule has 172 valence electrons. The van der Waals surface area contributed by atoms with Crippen LogP contribution in [0.3, 0.4) is 0 Å². The lowest BCUT2D eigenvalue weighted by Gasteiger charge is -2.22. The smallest absolute Gasteiger partial charge is 0.249 e. The van der Waals surface area contributed by atoms with E-state index in [1.807, 2.05) is 78.9 Å². The minimum Gasteiger partial charge on any atom is -0.497 e. The van der Waals surface area contributed by atoms with Crippen molar-refractivity contribution in [1.82, 2.24) is 15.0 Å². The summed E-state index contributed by atoms with van der Waals surface area (Å²) in [4.78, 5) is 19.0. The number of methoxy groups -OCH3 is 1. The van der Waals surface area contributed by atoms with Crippen LogP contribution in [0.1, 0.15) is 35.9 Å². The molecule has 0 radical (unpaired) electrons. The van der Waals surface area contributed by atoms with Gasteiger partial charge in [0.25, 0.3) is 0 Å². The fourth-order valence-electron chi connectivity index (χ4n) is 4.09. The van der Waals surface area contributed by atoms with Crippen LogP contribution >= 0.6 is 0 Å². The standard InChI is InChI=1S/C27H25N3O4/c1-32-23-9-5-8-20(16-23)17-30-24(14-15-25(30)31)27-28-26(29-34-27)21-10-12-22(13-11-21)33-18-19-6-3-2-4-7-19/h2-13,16,24H,14-15,17-18H2,1H3. The SMILES string of the molecule is COc1cccc(CN2C(=O)CCC2c2nc(-c3ccc(OCc4ccccc4)cc3)no2)c1. The van der Waals surface area contributed by atoms with Crippen LogP contribution in [0.2, 0.25) is 0 Å². The van der Waals surface area contributed by atoms with Gasteiger partial charge >= 0.3 is 0 Å². The topological polar surface area (TPSA) is 77.7 Å². The number of nitrogens with zero attached hydrogens (tertiary/aromatic N) is 3. The third kappa shape index (κ3) is 4.78. The number of carbonyl (C=O) groups is 1. The molecule has 34 heavy (non-hydrogen) atoms. The molecular weight excluding hydrogens is 430 g/mol. The molecule has 3 aromatic carbocycles. The number of amides is 1. The van der Waals surface area contributed by atoms with Crippen LogP contribution in [0.15, 0.2) is 83.4 Å².